The van der Waals surface area contributed by atoms with Gasteiger partial charge in [0.2, 0.25) is 0 Å². The number of benzene rings is 1. The van der Waals surface area contributed by atoms with E-state index in [-0.39, 0.29) is 5.54 Å². The molecule has 0 spiro atoms. The van der Waals surface area contributed by atoms with Gasteiger partial charge < -0.3 is 10.1 Å². The summed E-state index contributed by atoms with van der Waals surface area (Å²) in [4.78, 5) is 0. The zero-order chi connectivity index (χ0) is 15.2. The van der Waals surface area contributed by atoms with Crippen LogP contribution in [-0.2, 0) is 6.42 Å². The Morgan fingerprint density at radius 1 is 1.30 bits per heavy atom. The van der Waals surface area contributed by atoms with E-state index >= 15 is 0 Å². The zero-order valence-electron chi connectivity index (χ0n) is 13.4. The fourth-order valence-corrected chi connectivity index (χ4v) is 2.76. The number of methoxy groups -OCH3 is 1. The summed E-state index contributed by atoms with van der Waals surface area (Å²) in [6.45, 7) is 9.95. The van der Waals surface area contributed by atoms with E-state index in [9.17, 15) is 0 Å². The predicted molar refractivity (Wildman–Crippen MR) is 90.6 cm³/mol. The minimum atomic E-state index is 0.174. The summed E-state index contributed by atoms with van der Waals surface area (Å²) in [6, 6.07) is 6.25. The van der Waals surface area contributed by atoms with Crippen LogP contribution in [0.15, 0.2) is 22.7 Å². The second kappa shape index (κ2) is 8.04. The average Bonchev–Trinajstić information content (AvgIpc) is 2.35. The normalized spacial score (nSPS) is 13.3. The zero-order valence-corrected chi connectivity index (χ0v) is 15.0. The van der Waals surface area contributed by atoms with E-state index < -0.39 is 0 Å². The van der Waals surface area contributed by atoms with Crippen LogP contribution in [0.25, 0.3) is 0 Å². The summed E-state index contributed by atoms with van der Waals surface area (Å²) >= 11 is 3.55. The lowest BCUT2D eigenvalue weighted by atomic mass is 9.93. The maximum absolute atomic E-state index is 5.48. The Morgan fingerprint density at radius 2 is 2.00 bits per heavy atom. The summed E-state index contributed by atoms with van der Waals surface area (Å²) in [5.74, 6) is 1.63. The number of halogens is 1. The topological polar surface area (TPSA) is 21.3 Å². The van der Waals surface area contributed by atoms with E-state index in [1.165, 1.54) is 18.4 Å². The highest BCUT2D eigenvalue weighted by Crippen LogP contribution is 2.26. The van der Waals surface area contributed by atoms with Gasteiger partial charge in [0.05, 0.1) is 7.11 Å². The van der Waals surface area contributed by atoms with E-state index in [1.807, 2.05) is 12.1 Å². The maximum Gasteiger partial charge on any atom is 0.122 e. The fraction of sp³-hybridized carbons (Fsp3) is 0.647. The lowest BCUT2D eigenvalue weighted by Crippen LogP contribution is -2.39. The Hall–Kier alpha value is -0.540. The first-order chi connectivity index (χ1) is 9.35. The number of hydrogen-bond acceptors (Lipinski definition) is 2. The van der Waals surface area contributed by atoms with Crippen molar-refractivity contribution >= 4 is 15.9 Å². The Morgan fingerprint density at radius 3 is 2.55 bits per heavy atom. The van der Waals surface area contributed by atoms with Crippen LogP contribution in [0.1, 0.15) is 46.1 Å². The highest BCUT2D eigenvalue weighted by atomic mass is 79.9. The van der Waals surface area contributed by atoms with Gasteiger partial charge in [0.15, 0.2) is 0 Å². The smallest absolute Gasteiger partial charge is 0.122 e. The molecule has 1 atom stereocenters. The van der Waals surface area contributed by atoms with Gasteiger partial charge in [0.25, 0.3) is 0 Å². The van der Waals surface area contributed by atoms with Gasteiger partial charge in [-0.1, -0.05) is 29.3 Å². The van der Waals surface area contributed by atoms with Crippen LogP contribution in [0.5, 0.6) is 5.75 Å². The first kappa shape index (κ1) is 17.5. The molecular formula is C17H28BrNO. The number of hydrogen-bond donors (Lipinski definition) is 1. The number of nitrogens with one attached hydrogen (secondary N) is 1. The summed E-state index contributed by atoms with van der Waals surface area (Å²) in [5, 5.41) is 3.63. The molecule has 0 fully saturated rings. The maximum atomic E-state index is 5.48. The van der Waals surface area contributed by atoms with Gasteiger partial charge in [0.1, 0.15) is 5.75 Å². The van der Waals surface area contributed by atoms with E-state index in [1.54, 1.807) is 7.11 Å². The average molecular weight is 342 g/mol. The van der Waals surface area contributed by atoms with Crippen LogP contribution in [0.4, 0.5) is 0 Å². The molecule has 1 N–H and O–H groups in total. The molecule has 0 aliphatic rings. The third kappa shape index (κ3) is 6.27. The van der Waals surface area contributed by atoms with Crippen molar-refractivity contribution in [3.8, 4) is 5.75 Å². The molecule has 0 bridgehead atoms. The molecule has 0 amide bonds. The Bertz CT molecular complexity index is 412. The minimum Gasteiger partial charge on any atom is -0.496 e. The van der Waals surface area contributed by atoms with Gasteiger partial charge in [-0.15, -0.1) is 0 Å². The lowest BCUT2D eigenvalue weighted by Gasteiger charge is -2.25. The van der Waals surface area contributed by atoms with E-state index in [2.05, 4.69) is 55.0 Å². The molecule has 20 heavy (non-hydrogen) atoms. The highest BCUT2D eigenvalue weighted by Gasteiger charge is 2.16. The van der Waals surface area contributed by atoms with Crippen molar-refractivity contribution in [2.75, 3.05) is 13.7 Å². The molecule has 0 aromatic heterocycles. The first-order valence-electron chi connectivity index (χ1n) is 7.43. The van der Waals surface area contributed by atoms with Crippen LogP contribution in [0, 0.1) is 5.92 Å². The molecule has 1 aromatic rings. The molecule has 1 rings (SSSR count). The molecule has 0 saturated heterocycles. The van der Waals surface area contributed by atoms with Gasteiger partial charge in [-0.05, 0) is 69.8 Å². The molecule has 0 aliphatic carbocycles. The van der Waals surface area contributed by atoms with Crippen LogP contribution < -0.4 is 10.1 Å². The molecule has 2 nitrogen and oxygen atoms in total. The summed E-state index contributed by atoms with van der Waals surface area (Å²) in [5.41, 5.74) is 1.46. The SMILES string of the molecule is CCCC(CNC(C)(C)C)Cc1cc(Br)ccc1OC. The highest BCUT2D eigenvalue weighted by molar-refractivity contribution is 9.10. The summed E-state index contributed by atoms with van der Waals surface area (Å²) in [6.07, 6.45) is 3.51. The van der Waals surface area contributed by atoms with Gasteiger partial charge in [-0.2, -0.15) is 0 Å². The largest absolute Gasteiger partial charge is 0.496 e. The van der Waals surface area contributed by atoms with Crippen molar-refractivity contribution in [1.82, 2.24) is 5.32 Å². The molecule has 1 unspecified atom stereocenters. The number of rotatable bonds is 7. The molecule has 0 aliphatic heterocycles. The number of ether oxygens (including phenoxy) is 1. The summed E-state index contributed by atoms with van der Waals surface area (Å²) in [7, 11) is 1.75. The third-order valence-electron chi connectivity index (χ3n) is 3.37. The van der Waals surface area contributed by atoms with Crippen LogP contribution >= 0.6 is 15.9 Å². The second-order valence-electron chi connectivity index (χ2n) is 6.45. The Kier molecular flexibility index (Phi) is 7.04. The molecule has 3 heteroatoms. The molecular weight excluding hydrogens is 314 g/mol. The van der Waals surface area contributed by atoms with Crippen molar-refractivity contribution < 1.29 is 4.74 Å². The molecule has 0 radical (unpaired) electrons. The van der Waals surface area contributed by atoms with Crippen molar-refractivity contribution in [3.63, 3.8) is 0 Å². The Balaban J connectivity index is 2.76. The van der Waals surface area contributed by atoms with Crippen LogP contribution in [0.3, 0.4) is 0 Å². The van der Waals surface area contributed by atoms with E-state index in [4.69, 9.17) is 4.74 Å². The summed E-state index contributed by atoms with van der Waals surface area (Å²) < 4.78 is 6.60. The quantitative estimate of drug-likeness (QED) is 0.768. The molecule has 114 valence electrons. The standard InChI is InChI=1S/C17H28BrNO/c1-6-7-13(12-19-17(2,3)4)10-14-11-15(18)8-9-16(14)20-5/h8-9,11,13,19H,6-7,10,12H2,1-5H3. The van der Waals surface area contributed by atoms with Crippen LogP contribution in [0.2, 0.25) is 0 Å². The first-order valence-corrected chi connectivity index (χ1v) is 8.22. The fourth-order valence-electron chi connectivity index (χ4n) is 2.35. The van der Waals surface area contributed by atoms with Gasteiger partial charge in [-0.25, -0.2) is 0 Å². The minimum absolute atomic E-state index is 0.174. The van der Waals surface area contributed by atoms with Gasteiger partial charge in [0, 0.05) is 10.0 Å². The molecule has 1 aromatic carbocycles. The Labute approximate surface area is 132 Å². The van der Waals surface area contributed by atoms with Gasteiger partial charge >= 0.3 is 0 Å². The second-order valence-corrected chi connectivity index (χ2v) is 7.36. The van der Waals surface area contributed by atoms with Crippen molar-refractivity contribution in [1.29, 1.82) is 0 Å². The van der Waals surface area contributed by atoms with Crippen LogP contribution in [-0.4, -0.2) is 19.2 Å². The molecule has 0 heterocycles. The monoisotopic (exact) mass is 341 g/mol. The molecule has 0 saturated carbocycles. The van der Waals surface area contributed by atoms with E-state index in [0.717, 1.165) is 23.2 Å². The third-order valence-corrected chi connectivity index (χ3v) is 3.86. The van der Waals surface area contributed by atoms with E-state index in [0.29, 0.717) is 5.92 Å². The lowest BCUT2D eigenvalue weighted by molar-refractivity contribution is 0.349. The van der Waals surface area contributed by atoms with Crippen molar-refractivity contribution in [3.05, 3.63) is 28.2 Å². The van der Waals surface area contributed by atoms with Crippen molar-refractivity contribution in [2.24, 2.45) is 5.92 Å². The van der Waals surface area contributed by atoms with Gasteiger partial charge in [-0.3, -0.25) is 0 Å². The predicted octanol–water partition coefficient (Wildman–Crippen LogP) is 4.80. The van der Waals surface area contributed by atoms with Crippen molar-refractivity contribution in [2.45, 2.75) is 52.5 Å².